The van der Waals surface area contributed by atoms with E-state index < -0.39 is 10.0 Å². The van der Waals surface area contributed by atoms with Crippen molar-refractivity contribution in [2.24, 2.45) is 0 Å². The van der Waals surface area contributed by atoms with E-state index in [0.717, 1.165) is 0 Å². The van der Waals surface area contributed by atoms with E-state index in [4.69, 9.17) is 4.52 Å². The van der Waals surface area contributed by atoms with Crippen molar-refractivity contribution in [1.82, 2.24) is 19.8 Å². The van der Waals surface area contributed by atoms with E-state index in [0.29, 0.717) is 35.9 Å². The third kappa shape index (κ3) is 4.85. The van der Waals surface area contributed by atoms with Crippen LogP contribution in [-0.2, 0) is 14.8 Å². The van der Waals surface area contributed by atoms with Crippen LogP contribution in [0, 0.1) is 5.82 Å². The van der Waals surface area contributed by atoms with Crippen LogP contribution in [0.2, 0.25) is 0 Å². The number of nitrogens with one attached hydrogen (secondary N) is 2. The molecule has 0 spiro atoms. The van der Waals surface area contributed by atoms with Gasteiger partial charge in [-0.2, -0.15) is 4.98 Å². The fourth-order valence-corrected chi connectivity index (χ4v) is 4.91. The average molecular weight is 460 g/mol. The second-order valence-corrected chi connectivity index (χ2v) is 9.39. The number of amides is 1. The van der Waals surface area contributed by atoms with Gasteiger partial charge in [-0.15, -0.1) is 0 Å². The number of carbonyl (C=O) groups excluding carboxylic acids is 1. The number of nitrogens with zero attached hydrogens (tertiary/aromatic N) is 3. The number of aromatic nitrogens is 2. The van der Waals surface area contributed by atoms with Gasteiger partial charge in [-0.25, -0.2) is 17.5 Å². The Morgan fingerprint density at radius 3 is 2.50 bits per heavy atom. The predicted molar refractivity (Wildman–Crippen MR) is 115 cm³/mol. The zero-order valence-corrected chi connectivity index (χ0v) is 18.3. The molecule has 2 aromatic carbocycles. The lowest BCUT2D eigenvalue weighted by molar-refractivity contribution is -0.114. The summed E-state index contributed by atoms with van der Waals surface area (Å²) in [7, 11) is -1.90. The lowest BCUT2D eigenvalue weighted by Crippen LogP contribution is -2.36. The molecule has 9 nitrogen and oxygen atoms in total. The van der Waals surface area contributed by atoms with Gasteiger partial charge in [0.2, 0.25) is 27.6 Å². The first kappa shape index (κ1) is 22.1. The predicted octanol–water partition coefficient (Wildman–Crippen LogP) is 2.56. The molecule has 4 rings (SSSR count). The zero-order valence-electron chi connectivity index (χ0n) is 17.4. The van der Waals surface area contributed by atoms with Gasteiger partial charge >= 0.3 is 0 Å². The van der Waals surface area contributed by atoms with Crippen LogP contribution in [-0.4, -0.2) is 49.0 Å². The molecular formula is C21H22FN5O4S. The average Bonchev–Trinajstić information content (AvgIpc) is 3.35. The normalized spacial score (nSPS) is 19.2. The topological polar surface area (TPSA) is 117 Å². The molecule has 1 saturated heterocycles. The van der Waals surface area contributed by atoms with Crippen LogP contribution in [0.25, 0.3) is 11.4 Å². The SMILES string of the molecule is CC(=O)Nc1ccc(S(=O)(=O)N[C@H]2C[C@@H](c3nc(-c4ccc(F)cc4)no3)N(C)C2)cc1. The summed E-state index contributed by atoms with van der Waals surface area (Å²) in [4.78, 5) is 17.6. The van der Waals surface area contributed by atoms with Crippen molar-refractivity contribution in [1.29, 1.82) is 0 Å². The fraction of sp³-hybridized carbons (Fsp3) is 0.286. The van der Waals surface area contributed by atoms with Gasteiger partial charge in [0, 0.05) is 30.8 Å². The van der Waals surface area contributed by atoms with Crippen molar-refractivity contribution in [3.8, 4) is 11.4 Å². The molecule has 1 aromatic heterocycles. The summed E-state index contributed by atoms with van der Waals surface area (Å²) in [5.41, 5.74) is 1.15. The largest absolute Gasteiger partial charge is 0.337 e. The quantitative estimate of drug-likeness (QED) is 0.582. The Kier molecular flexibility index (Phi) is 6.04. The molecular weight excluding hydrogens is 437 g/mol. The summed E-state index contributed by atoms with van der Waals surface area (Å²) < 4.78 is 46.8. The van der Waals surface area contributed by atoms with Crippen LogP contribution in [0.3, 0.4) is 0 Å². The van der Waals surface area contributed by atoms with Crippen LogP contribution in [0.5, 0.6) is 0 Å². The maximum Gasteiger partial charge on any atom is 0.244 e. The number of anilines is 1. The van der Waals surface area contributed by atoms with Gasteiger partial charge in [0.25, 0.3) is 0 Å². The van der Waals surface area contributed by atoms with Crippen molar-refractivity contribution in [3.05, 3.63) is 60.2 Å². The van der Waals surface area contributed by atoms with E-state index in [-0.39, 0.29) is 28.7 Å². The molecule has 0 unspecified atom stereocenters. The Hall–Kier alpha value is -3.15. The van der Waals surface area contributed by atoms with Crippen molar-refractivity contribution in [3.63, 3.8) is 0 Å². The van der Waals surface area contributed by atoms with Crippen molar-refractivity contribution >= 4 is 21.6 Å². The number of hydrogen-bond acceptors (Lipinski definition) is 7. The molecule has 1 amide bonds. The summed E-state index contributed by atoms with van der Waals surface area (Å²) >= 11 is 0. The smallest absolute Gasteiger partial charge is 0.244 e. The number of carbonyl (C=O) groups is 1. The number of benzene rings is 2. The summed E-state index contributed by atoms with van der Waals surface area (Å²) in [5.74, 6) is 0.125. The van der Waals surface area contributed by atoms with Crippen molar-refractivity contribution in [2.75, 3.05) is 18.9 Å². The van der Waals surface area contributed by atoms with Crippen molar-refractivity contribution < 1.29 is 22.1 Å². The molecule has 2 heterocycles. The van der Waals surface area contributed by atoms with Crippen molar-refractivity contribution in [2.45, 2.75) is 30.3 Å². The summed E-state index contributed by atoms with van der Waals surface area (Å²) in [6.45, 7) is 1.84. The van der Waals surface area contributed by atoms with Gasteiger partial charge in [0.15, 0.2) is 0 Å². The Morgan fingerprint density at radius 2 is 1.84 bits per heavy atom. The molecule has 0 aliphatic carbocycles. The molecule has 1 aliphatic rings. The summed E-state index contributed by atoms with van der Waals surface area (Å²) in [5, 5.41) is 6.57. The van der Waals surface area contributed by atoms with E-state index in [9.17, 15) is 17.6 Å². The summed E-state index contributed by atoms with van der Waals surface area (Å²) in [6.07, 6.45) is 0.449. The number of hydrogen-bond donors (Lipinski definition) is 2. The highest BCUT2D eigenvalue weighted by Gasteiger charge is 2.36. The number of likely N-dealkylation sites (N-methyl/N-ethyl adjacent to an activating group) is 1. The third-order valence-corrected chi connectivity index (χ3v) is 6.72. The molecule has 1 aliphatic heterocycles. The highest BCUT2D eigenvalue weighted by molar-refractivity contribution is 7.89. The van der Waals surface area contributed by atoms with E-state index in [2.05, 4.69) is 20.2 Å². The zero-order chi connectivity index (χ0) is 22.9. The Bertz CT molecular complexity index is 1210. The fourth-order valence-electron chi connectivity index (χ4n) is 3.67. The van der Waals surface area contributed by atoms with Crippen LogP contribution in [0.1, 0.15) is 25.3 Å². The Balaban J connectivity index is 1.44. The first-order chi connectivity index (χ1) is 15.2. The molecule has 11 heteroatoms. The van der Waals surface area contributed by atoms with E-state index in [1.165, 1.54) is 43.3 Å². The Labute approximate surface area is 184 Å². The maximum absolute atomic E-state index is 13.1. The van der Waals surface area contributed by atoms with E-state index in [1.807, 2.05) is 11.9 Å². The van der Waals surface area contributed by atoms with Gasteiger partial charge in [0.05, 0.1) is 10.9 Å². The first-order valence-electron chi connectivity index (χ1n) is 9.91. The standard InChI is InChI=1S/C21H22FN5O4S/c1-13(28)23-16-7-9-18(10-8-16)32(29,30)26-17-11-19(27(2)12-17)21-24-20(25-31-21)14-3-5-15(22)6-4-14/h3-10,17,19,26H,11-12H2,1-2H3,(H,23,28)/t17-,19-/m0/s1. The molecule has 3 aromatic rings. The second-order valence-electron chi connectivity index (χ2n) is 7.68. The van der Waals surface area contributed by atoms with Gasteiger partial charge in [-0.05, 0) is 62.0 Å². The van der Waals surface area contributed by atoms with Gasteiger partial charge in [0.1, 0.15) is 5.82 Å². The van der Waals surface area contributed by atoms with Crippen LogP contribution < -0.4 is 10.0 Å². The highest BCUT2D eigenvalue weighted by Crippen LogP contribution is 2.31. The molecule has 32 heavy (non-hydrogen) atoms. The highest BCUT2D eigenvalue weighted by atomic mass is 32.2. The van der Waals surface area contributed by atoms with Crippen LogP contribution >= 0.6 is 0 Å². The second kappa shape index (κ2) is 8.77. The first-order valence-corrected chi connectivity index (χ1v) is 11.4. The lowest BCUT2D eigenvalue weighted by Gasteiger charge is -2.14. The minimum absolute atomic E-state index is 0.106. The number of sulfonamides is 1. The van der Waals surface area contributed by atoms with Crippen LogP contribution in [0.4, 0.5) is 10.1 Å². The maximum atomic E-state index is 13.1. The minimum atomic E-state index is -3.75. The number of halogens is 1. The molecule has 0 radical (unpaired) electrons. The van der Waals surface area contributed by atoms with Crippen LogP contribution in [0.15, 0.2) is 57.9 Å². The van der Waals surface area contributed by atoms with Gasteiger partial charge < -0.3 is 9.84 Å². The molecule has 2 N–H and O–H groups in total. The Morgan fingerprint density at radius 1 is 1.16 bits per heavy atom. The molecule has 0 bridgehead atoms. The molecule has 2 atom stereocenters. The summed E-state index contributed by atoms with van der Waals surface area (Å²) in [6, 6.07) is 11.1. The third-order valence-electron chi connectivity index (χ3n) is 5.18. The number of rotatable bonds is 6. The van der Waals surface area contributed by atoms with Gasteiger partial charge in [-0.3, -0.25) is 9.69 Å². The molecule has 1 fully saturated rings. The van der Waals surface area contributed by atoms with Gasteiger partial charge in [-0.1, -0.05) is 5.16 Å². The molecule has 168 valence electrons. The monoisotopic (exact) mass is 459 g/mol. The van der Waals surface area contributed by atoms with E-state index in [1.54, 1.807) is 12.1 Å². The van der Waals surface area contributed by atoms with E-state index >= 15 is 0 Å². The lowest BCUT2D eigenvalue weighted by atomic mass is 10.2. The minimum Gasteiger partial charge on any atom is -0.337 e. The number of likely N-dealkylation sites (tertiary alicyclic amines) is 1. The molecule has 0 saturated carbocycles.